The maximum absolute atomic E-state index is 14.7. The number of hydrogen-bond acceptors (Lipinski definition) is 25. The summed E-state index contributed by atoms with van der Waals surface area (Å²) in [5.41, 5.74) is 9.88. The fourth-order valence-electron chi connectivity index (χ4n) is 15.5. The predicted molar refractivity (Wildman–Crippen MR) is 528 cm³/mol. The van der Waals surface area contributed by atoms with E-state index in [1.807, 2.05) is 211 Å². The van der Waals surface area contributed by atoms with Crippen molar-refractivity contribution in [2.45, 2.75) is 179 Å². The Balaban J connectivity index is 1.44. The molecule has 0 radical (unpaired) electrons. The summed E-state index contributed by atoms with van der Waals surface area (Å²) in [6.45, 7) is 35.4. The summed E-state index contributed by atoms with van der Waals surface area (Å²) in [5, 5.41) is 13.0. The van der Waals surface area contributed by atoms with Crippen LogP contribution in [0.4, 0.5) is 22.7 Å². The number of aromatic nitrogens is 4. The molecule has 2 aliphatic rings. The lowest BCUT2D eigenvalue weighted by molar-refractivity contribution is -0.116. The van der Waals surface area contributed by atoms with Gasteiger partial charge in [0, 0.05) is 219 Å². The molecule has 8 bridgehead atoms. The van der Waals surface area contributed by atoms with Crippen molar-refractivity contribution in [1.29, 1.82) is 0 Å². The molecule has 7 aromatic rings. The van der Waals surface area contributed by atoms with E-state index in [0.29, 0.717) is 284 Å². The van der Waals surface area contributed by atoms with Crippen LogP contribution in [0.5, 0.6) is 23.0 Å². The Morgan fingerprint density at radius 3 is 0.832 bits per heavy atom. The fraction of sp³-hybridized carbons (Fsp3) is 0.500. The lowest BCUT2D eigenvalue weighted by atomic mass is 10.0. The summed E-state index contributed by atoms with van der Waals surface area (Å²) in [5.74, 6) is 1.14. The maximum atomic E-state index is 14.7. The van der Waals surface area contributed by atoms with Gasteiger partial charge >= 0.3 is 35.2 Å². The number of nitrogens with one attached hydrogen (secondary N) is 6. The molecule has 4 amide bonds. The van der Waals surface area contributed by atoms with Crippen LogP contribution >= 0.6 is 11.8 Å². The summed E-state index contributed by atoms with van der Waals surface area (Å²) >= 11 is 1.31. The van der Waals surface area contributed by atoms with E-state index in [1.165, 1.54) is 11.8 Å². The number of fused-ring (bicyclic) bond motifs is 8. The van der Waals surface area contributed by atoms with Gasteiger partial charge in [0.15, 0.2) is 0 Å². The first-order valence-electron chi connectivity index (χ1n) is 46.5. The summed E-state index contributed by atoms with van der Waals surface area (Å²) in [4.78, 5) is 76.8. The zero-order valence-corrected chi connectivity index (χ0v) is 84.3. The van der Waals surface area contributed by atoms with Gasteiger partial charge in [-0.3, -0.25) is 19.2 Å². The van der Waals surface area contributed by atoms with Crippen LogP contribution in [0, 0.1) is 0 Å². The second-order valence-electron chi connectivity index (χ2n) is 30.1. The van der Waals surface area contributed by atoms with Crippen molar-refractivity contribution in [1.82, 2.24) is 19.9 Å². The third-order valence-corrected chi connectivity index (χ3v) is 34.2. The second kappa shape index (κ2) is 55.2. The highest BCUT2D eigenvalue weighted by Gasteiger charge is 2.43. The van der Waals surface area contributed by atoms with Gasteiger partial charge in [-0.1, -0.05) is 20.8 Å². The molecule has 9 rings (SSSR count). The molecule has 0 saturated carbocycles. The molecule has 0 spiro atoms. The monoisotopic (exact) mass is 1900 g/mol. The lowest BCUT2D eigenvalue weighted by Crippen LogP contribution is -2.46. The number of ether oxygens (including phenoxy) is 6. The van der Waals surface area contributed by atoms with Crippen molar-refractivity contribution in [3.8, 4) is 67.5 Å². The topological polar surface area (TPSA) is 340 Å². The SMILES string of the molecule is CCCC(=O)Nc1ccc(OCCC[Si](OCC)(OCC)OCC)cc1-c1c2nc(c(-c3cc(OCCC[Si](OCC)(OCC)OCC)ccc3NC(=O)CSCOCCOC)c3ccc([nH]3)c(-c3cc(OCCC[Si](OCC)(OCC)OCC)ccc3NC(=O)CC)c3nc(c(-c4cc(OCCC[Si](OCC)(OCC)OCC)ccc4NC(=O)CC)c4ccc1[nH]4)C=C3)C=C2. The van der Waals surface area contributed by atoms with Gasteiger partial charge in [0.1, 0.15) is 23.0 Å². The molecule has 4 aromatic carbocycles. The number of anilines is 4. The van der Waals surface area contributed by atoms with Gasteiger partial charge in [-0.15, -0.1) is 11.8 Å². The lowest BCUT2D eigenvalue weighted by Gasteiger charge is -2.28. The quantitative estimate of drug-likeness (QED) is 0.0117. The minimum Gasteiger partial charge on any atom is -0.494 e. The first-order valence-corrected chi connectivity index (χ1v) is 55.4. The molecule has 30 nitrogen and oxygen atoms in total. The van der Waals surface area contributed by atoms with Crippen molar-refractivity contribution in [3.63, 3.8) is 0 Å². The average Bonchev–Trinajstić information content (AvgIpc) is 1.61. The Morgan fingerprint density at radius 1 is 0.328 bits per heavy atom. The van der Waals surface area contributed by atoms with Crippen LogP contribution in [0.1, 0.15) is 178 Å². The van der Waals surface area contributed by atoms with Crippen LogP contribution in [0.15, 0.2) is 97.1 Å². The van der Waals surface area contributed by atoms with Gasteiger partial charge in [-0.25, -0.2) is 9.97 Å². The Kier molecular flexibility index (Phi) is 44.6. The van der Waals surface area contributed by atoms with Crippen molar-refractivity contribution in [2.75, 3.05) is 159 Å². The van der Waals surface area contributed by atoms with E-state index in [0.717, 1.165) is 0 Å². The van der Waals surface area contributed by atoms with E-state index in [4.69, 9.17) is 91.5 Å². The smallest absolute Gasteiger partial charge is 0.494 e. The van der Waals surface area contributed by atoms with Gasteiger partial charge < -0.3 is 113 Å². The standard InChI is InChI=1S/C96H138N8O22SSi4/c1-17-36-91(107)103-79-43-39-71(113-55-34-61-130(121-26-10,122-27-11)123-28-12)65-75(79)95-85-49-47-83(98-85)93(73-63-69(37-41-77(73)101-89(105)18-2)111-53-32-59-128(115-20-4,116-21-5)117-22-6)81-45-46-82(97-81)94(74-64-70(38-42-78(74)102-90(106)19-3)112-54-33-60-129(118-23-7,119-24-8)120-25-9)84-48-51-87(99-84)96(88-52-50-86(95)100-88)76-66-72(114-56-35-62-131(124-29-13,125-30-14)126-31-15)40-44-80(76)104-92(108)67-127-68-110-58-57-109-16/h37-52,63-66,98-99H,17-36,53-62,67-68H2,1-16H3,(H,101,105)(H,102,106)(H,103,107)(H,104,108). The van der Waals surface area contributed by atoms with Crippen LogP contribution in [-0.2, 0) is 81.8 Å². The van der Waals surface area contributed by atoms with Crippen LogP contribution in [0.2, 0.25) is 24.2 Å². The molecule has 6 N–H and O–H groups in total. The molecule has 0 aliphatic carbocycles. The molecule has 0 saturated heterocycles. The number of aromatic amines is 2. The number of nitrogens with zero attached hydrogens (tertiary/aromatic N) is 2. The number of methoxy groups -OCH3 is 1. The van der Waals surface area contributed by atoms with Crippen LogP contribution < -0.4 is 40.2 Å². The summed E-state index contributed by atoms with van der Waals surface area (Å²) in [7, 11) is -10.8. The highest BCUT2D eigenvalue weighted by atomic mass is 32.2. The number of thioether (sulfide) groups is 1. The minimum atomic E-state index is -3.11. The van der Waals surface area contributed by atoms with Gasteiger partial charge in [-0.2, -0.15) is 0 Å². The number of carbonyl (C=O) groups excluding carboxylic acids is 4. The molecule has 5 heterocycles. The fourth-order valence-corrected chi connectivity index (χ4v) is 26.4. The van der Waals surface area contributed by atoms with E-state index in [9.17, 15) is 19.2 Å². The van der Waals surface area contributed by atoms with E-state index in [-0.39, 0.29) is 81.0 Å². The van der Waals surface area contributed by atoms with E-state index in [1.54, 1.807) is 21.0 Å². The molecule has 716 valence electrons. The Morgan fingerprint density at radius 2 is 0.588 bits per heavy atom. The molecular weight excluding hydrogens is 1760 g/mol. The summed E-state index contributed by atoms with van der Waals surface area (Å²) < 4.78 is 114. The normalized spacial score (nSPS) is 12.2. The third kappa shape index (κ3) is 30.4. The average molecular weight is 1900 g/mol. The van der Waals surface area contributed by atoms with Crippen molar-refractivity contribution in [3.05, 3.63) is 120 Å². The van der Waals surface area contributed by atoms with E-state index >= 15 is 0 Å². The molecule has 3 aromatic heterocycles. The van der Waals surface area contributed by atoms with Gasteiger partial charge in [0.05, 0.1) is 74.1 Å². The minimum absolute atomic E-state index is 0.0288. The molecule has 0 atom stereocenters. The highest BCUT2D eigenvalue weighted by molar-refractivity contribution is 7.99. The zero-order valence-electron chi connectivity index (χ0n) is 79.5. The van der Waals surface area contributed by atoms with Crippen LogP contribution in [-0.4, -0.2) is 217 Å². The Hall–Kier alpha value is -8.78. The molecular formula is C96H138N8O22SSi4. The van der Waals surface area contributed by atoms with E-state index < -0.39 is 35.2 Å². The zero-order chi connectivity index (χ0) is 94.0. The van der Waals surface area contributed by atoms with Crippen LogP contribution in [0.25, 0.3) is 90.9 Å². The summed E-state index contributed by atoms with van der Waals surface area (Å²) in [6.07, 6.45) is 10.9. The Bertz CT molecular complexity index is 4980. The molecule has 0 fully saturated rings. The summed E-state index contributed by atoms with van der Waals surface area (Å²) in [6, 6.07) is 32.1. The van der Waals surface area contributed by atoms with Gasteiger partial charge in [-0.05, 0) is 237 Å². The Labute approximate surface area is 781 Å². The van der Waals surface area contributed by atoms with Crippen molar-refractivity contribution in [2.24, 2.45) is 0 Å². The first-order chi connectivity index (χ1) is 63.7. The maximum Gasteiger partial charge on any atom is 0.501 e. The van der Waals surface area contributed by atoms with Crippen LogP contribution in [0.3, 0.4) is 0 Å². The first kappa shape index (κ1) is 106. The van der Waals surface area contributed by atoms with Crippen molar-refractivity contribution >= 4 is 140 Å². The second-order valence-corrected chi connectivity index (χ2v) is 41.9. The number of hydrogen-bond donors (Lipinski definition) is 6. The highest BCUT2D eigenvalue weighted by Crippen LogP contribution is 2.46. The van der Waals surface area contributed by atoms with E-state index in [2.05, 4.69) is 31.2 Å². The molecule has 35 heteroatoms. The number of carbonyl (C=O) groups is 4. The third-order valence-electron chi connectivity index (χ3n) is 20.8. The molecule has 0 unspecified atom stereocenters. The molecule has 131 heavy (non-hydrogen) atoms. The predicted octanol–water partition coefficient (Wildman–Crippen LogP) is 20.3. The number of H-pyrrole nitrogens is 2. The number of rotatable bonds is 63. The van der Waals surface area contributed by atoms with Gasteiger partial charge in [0.2, 0.25) is 23.6 Å². The van der Waals surface area contributed by atoms with Gasteiger partial charge in [0.25, 0.3) is 0 Å². The number of amides is 4. The molecule has 2 aliphatic heterocycles. The number of benzene rings is 4. The largest absolute Gasteiger partial charge is 0.501 e. The van der Waals surface area contributed by atoms with Crippen molar-refractivity contribution < 1.29 is 101 Å².